The predicted octanol–water partition coefficient (Wildman–Crippen LogP) is 6.02. The van der Waals surface area contributed by atoms with Crippen LogP contribution in [-0.4, -0.2) is 54.2 Å². The van der Waals surface area contributed by atoms with E-state index in [1.165, 1.54) is 18.2 Å². The van der Waals surface area contributed by atoms with Gasteiger partial charge in [-0.3, -0.25) is 9.69 Å². The summed E-state index contributed by atoms with van der Waals surface area (Å²) in [4.78, 5) is 39.9. The Balaban J connectivity index is 1.30. The topological polar surface area (TPSA) is 108 Å². The van der Waals surface area contributed by atoms with Crippen molar-refractivity contribution in [2.45, 2.75) is 18.5 Å². The van der Waals surface area contributed by atoms with E-state index in [9.17, 15) is 19.5 Å². The third kappa shape index (κ3) is 6.62. The van der Waals surface area contributed by atoms with Crippen LogP contribution in [0.5, 0.6) is 0 Å². The second-order valence-corrected chi connectivity index (χ2v) is 10.6. The van der Waals surface area contributed by atoms with Crippen LogP contribution in [0, 0.1) is 0 Å². The van der Waals surface area contributed by atoms with Gasteiger partial charge in [0.25, 0.3) is 0 Å². The molecule has 0 saturated carbocycles. The fourth-order valence-corrected chi connectivity index (χ4v) is 5.44. The molecule has 0 radical (unpaired) electrons. The first-order valence-electron chi connectivity index (χ1n) is 13.5. The highest BCUT2D eigenvalue weighted by Gasteiger charge is 2.30. The number of benzene rings is 4. The van der Waals surface area contributed by atoms with Crippen molar-refractivity contribution in [3.05, 3.63) is 124 Å². The summed E-state index contributed by atoms with van der Waals surface area (Å²) >= 11 is 5.98. The first-order chi connectivity index (χ1) is 20.3. The average Bonchev–Trinajstić information content (AvgIpc) is 3.30. The maximum atomic E-state index is 13.4. The number of hydrogen-bond acceptors (Lipinski definition) is 5. The Morgan fingerprint density at radius 2 is 1.52 bits per heavy atom. The van der Waals surface area contributed by atoms with Gasteiger partial charge in [0.15, 0.2) is 0 Å². The summed E-state index contributed by atoms with van der Waals surface area (Å²) in [5.74, 6) is -1.87. The Labute approximate surface area is 248 Å². The minimum absolute atomic E-state index is 0.0522. The lowest BCUT2D eigenvalue weighted by Gasteiger charge is -2.25. The smallest absolute Gasteiger partial charge is 0.407 e. The molecule has 0 bridgehead atoms. The van der Waals surface area contributed by atoms with Crippen LogP contribution in [0.1, 0.15) is 33.0 Å². The number of carboxylic acid groups (broad SMARTS) is 1. The van der Waals surface area contributed by atoms with E-state index in [-0.39, 0.29) is 35.3 Å². The van der Waals surface area contributed by atoms with E-state index in [4.69, 9.17) is 16.3 Å². The van der Waals surface area contributed by atoms with E-state index in [1.54, 1.807) is 0 Å². The number of carbonyl (C=O) groups is 3. The van der Waals surface area contributed by atoms with Crippen LogP contribution in [-0.2, 0) is 16.1 Å². The molecule has 214 valence electrons. The number of carbonyl (C=O) groups excluding carboxylic acids is 2. The normalized spacial score (nSPS) is 12.7. The van der Waals surface area contributed by atoms with Gasteiger partial charge in [0.05, 0.1) is 10.6 Å². The Morgan fingerprint density at radius 3 is 2.17 bits per heavy atom. The number of hydrogen-bond donors (Lipinski definition) is 3. The summed E-state index contributed by atoms with van der Waals surface area (Å²) in [5, 5.41) is 14.9. The van der Waals surface area contributed by atoms with Crippen molar-refractivity contribution in [3.8, 4) is 11.1 Å². The molecule has 9 heteroatoms. The number of carboxylic acids is 1. The Bertz CT molecular complexity index is 1570. The van der Waals surface area contributed by atoms with E-state index in [1.807, 2.05) is 78.7 Å². The van der Waals surface area contributed by atoms with Gasteiger partial charge in [-0.1, -0.05) is 90.5 Å². The molecule has 1 unspecified atom stereocenters. The van der Waals surface area contributed by atoms with Gasteiger partial charge in [-0.25, -0.2) is 9.59 Å². The number of nitrogens with zero attached hydrogens (tertiary/aromatic N) is 1. The number of anilines is 1. The second-order valence-electron chi connectivity index (χ2n) is 10.2. The average molecular weight is 584 g/mol. The largest absolute Gasteiger partial charge is 0.478 e. The number of halogens is 1. The fraction of sp³-hybridized carbons (Fsp3) is 0.182. The Morgan fingerprint density at radius 1 is 0.905 bits per heavy atom. The zero-order chi connectivity index (χ0) is 29.6. The molecular formula is C33H30ClN3O5. The molecule has 0 saturated heterocycles. The molecule has 4 aromatic rings. The van der Waals surface area contributed by atoms with E-state index in [0.29, 0.717) is 6.54 Å². The number of alkyl carbamates (subject to hydrolysis) is 1. The van der Waals surface area contributed by atoms with E-state index >= 15 is 0 Å². The van der Waals surface area contributed by atoms with Crippen molar-refractivity contribution in [1.82, 2.24) is 10.2 Å². The third-order valence-corrected chi connectivity index (χ3v) is 7.54. The standard InChI is InChI=1S/C33H30ClN3O5/c1-37(18-21-9-3-2-4-10-21)19-30(31(38)35-22-15-16-29(34)27(17-22)32(39)40)36-33(41)42-20-28-25-13-7-5-11-23(25)24-12-6-8-14-26(24)28/h2-17,28,30H,18-20H2,1H3,(H,35,38)(H,36,41)(H,39,40). The number of nitrogens with one attached hydrogen (secondary N) is 2. The predicted molar refractivity (Wildman–Crippen MR) is 162 cm³/mol. The van der Waals surface area contributed by atoms with Crippen molar-refractivity contribution in [1.29, 1.82) is 0 Å². The number of ether oxygens (including phenoxy) is 1. The van der Waals surface area contributed by atoms with Gasteiger partial charge in [0.2, 0.25) is 5.91 Å². The zero-order valence-electron chi connectivity index (χ0n) is 22.9. The lowest BCUT2D eigenvalue weighted by Crippen LogP contribution is -2.50. The molecule has 42 heavy (non-hydrogen) atoms. The molecule has 1 aliphatic rings. The van der Waals surface area contributed by atoms with Crippen molar-refractivity contribution in [3.63, 3.8) is 0 Å². The van der Waals surface area contributed by atoms with Gasteiger partial charge < -0.3 is 20.5 Å². The quantitative estimate of drug-likeness (QED) is 0.211. The Hall–Kier alpha value is -4.66. The number of amides is 2. The highest BCUT2D eigenvalue weighted by molar-refractivity contribution is 6.33. The highest BCUT2D eigenvalue weighted by Crippen LogP contribution is 2.44. The van der Waals surface area contributed by atoms with Gasteiger partial charge in [0.1, 0.15) is 12.6 Å². The monoisotopic (exact) mass is 583 g/mol. The van der Waals surface area contributed by atoms with Gasteiger partial charge in [-0.15, -0.1) is 0 Å². The molecule has 1 aliphatic carbocycles. The Kier molecular flexibility index (Phi) is 8.85. The molecule has 8 nitrogen and oxygen atoms in total. The molecule has 1 atom stereocenters. The molecule has 0 fully saturated rings. The lowest BCUT2D eigenvalue weighted by atomic mass is 9.98. The van der Waals surface area contributed by atoms with E-state index in [2.05, 4.69) is 22.8 Å². The molecule has 4 aromatic carbocycles. The lowest BCUT2D eigenvalue weighted by molar-refractivity contribution is -0.118. The van der Waals surface area contributed by atoms with Gasteiger partial charge in [0, 0.05) is 24.7 Å². The summed E-state index contributed by atoms with van der Waals surface area (Å²) < 4.78 is 5.69. The summed E-state index contributed by atoms with van der Waals surface area (Å²) in [5.41, 5.74) is 5.55. The van der Waals surface area contributed by atoms with Crippen LogP contribution < -0.4 is 10.6 Å². The van der Waals surface area contributed by atoms with Crippen molar-refractivity contribution in [2.24, 2.45) is 0 Å². The SMILES string of the molecule is CN(Cc1ccccc1)CC(NC(=O)OCC1c2ccccc2-c2ccccc21)C(=O)Nc1ccc(Cl)c(C(=O)O)c1. The van der Waals surface area contributed by atoms with Crippen LogP contribution >= 0.6 is 11.6 Å². The molecule has 0 spiro atoms. The van der Waals surface area contributed by atoms with E-state index < -0.39 is 24.0 Å². The molecule has 2 amide bonds. The van der Waals surface area contributed by atoms with Crippen molar-refractivity contribution >= 4 is 35.3 Å². The fourth-order valence-electron chi connectivity index (χ4n) is 5.24. The first kappa shape index (κ1) is 28.9. The first-order valence-corrected chi connectivity index (χ1v) is 13.9. The van der Waals surface area contributed by atoms with Crippen LogP contribution in [0.3, 0.4) is 0 Å². The number of fused-ring (bicyclic) bond motifs is 3. The van der Waals surface area contributed by atoms with Crippen LogP contribution in [0.2, 0.25) is 5.02 Å². The van der Waals surface area contributed by atoms with Crippen LogP contribution in [0.25, 0.3) is 11.1 Å². The molecular weight excluding hydrogens is 554 g/mol. The van der Waals surface area contributed by atoms with Crippen molar-refractivity contribution in [2.75, 3.05) is 25.5 Å². The molecule has 0 aromatic heterocycles. The maximum absolute atomic E-state index is 13.4. The molecule has 0 heterocycles. The highest BCUT2D eigenvalue weighted by atomic mass is 35.5. The van der Waals surface area contributed by atoms with E-state index in [0.717, 1.165) is 27.8 Å². The molecule has 0 aliphatic heterocycles. The minimum atomic E-state index is -1.22. The summed E-state index contributed by atoms with van der Waals surface area (Å²) in [6, 6.07) is 29.0. The number of aromatic carboxylic acids is 1. The number of likely N-dealkylation sites (N-methyl/N-ethyl adjacent to an activating group) is 1. The van der Waals surface area contributed by atoms with Gasteiger partial charge in [-0.2, -0.15) is 0 Å². The van der Waals surface area contributed by atoms with Crippen molar-refractivity contribution < 1.29 is 24.2 Å². The maximum Gasteiger partial charge on any atom is 0.407 e. The minimum Gasteiger partial charge on any atom is -0.478 e. The second kappa shape index (κ2) is 12.9. The number of rotatable bonds is 10. The zero-order valence-corrected chi connectivity index (χ0v) is 23.7. The summed E-state index contributed by atoms with van der Waals surface area (Å²) in [7, 11) is 1.84. The molecule has 5 rings (SSSR count). The third-order valence-electron chi connectivity index (χ3n) is 7.21. The summed E-state index contributed by atoms with van der Waals surface area (Å²) in [6.45, 7) is 0.818. The van der Waals surface area contributed by atoms with Crippen LogP contribution in [0.4, 0.5) is 10.5 Å². The molecule has 3 N–H and O–H groups in total. The van der Waals surface area contributed by atoms with Crippen LogP contribution in [0.15, 0.2) is 97.1 Å². The van der Waals surface area contributed by atoms with Gasteiger partial charge in [-0.05, 0) is 53.1 Å². The summed E-state index contributed by atoms with van der Waals surface area (Å²) in [6.07, 6.45) is -0.729. The van der Waals surface area contributed by atoms with Gasteiger partial charge >= 0.3 is 12.1 Å².